The Kier molecular flexibility index (Phi) is 4.00. The third-order valence-corrected chi connectivity index (χ3v) is 0.867. The van der Waals surface area contributed by atoms with Gasteiger partial charge in [0.05, 0.1) is 13.2 Å². The van der Waals surface area contributed by atoms with Crippen molar-refractivity contribution < 1.29 is 9.90 Å². The molecule has 0 heterocycles. The van der Waals surface area contributed by atoms with Gasteiger partial charge in [-0.05, 0) is 6.92 Å². The van der Waals surface area contributed by atoms with E-state index >= 15 is 0 Å². The Morgan fingerprint density at radius 2 is 2.44 bits per heavy atom. The molecule has 0 aliphatic carbocycles. The zero-order chi connectivity index (χ0) is 7.28. The SMILES string of the molecule is CC(CO)NC(=O)CN. The van der Waals surface area contributed by atoms with Gasteiger partial charge in [0.2, 0.25) is 5.91 Å². The largest absolute Gasteiger partial charge is 0.394 e. The Bertz CT molecular complexity index is 95.0. The van der Waals surface area contributed by atoms with Gasteiger partial charge in [0.25, 0.3) is 0 Å². The number of nitrogens with one attached hydrogen (secondary N) is 1. The topological polar surface area (TPSA) is 75.3 Å². The molecule has 1 atom stereocenters. The Morgan fingerprint density at radius 3 is 2.78 bits per heavy atom. The highest BCUT2D eigenvalue weighted by molar-refractivity contribution is 5.77. The summed E-state index contributed by atoms with van der Waals surface area (Å²) in [5.41, 5.74) is 4.98. The van der Waals surface area contributed by atoms with Gasteiger partial charge in [0, 0.05) is 6.04 Å². The summed E-state index contributed by atoms with van der Waals surface area (Å²) >= 11 is 0. The summed E-state index contributed by atoms with van der Waals surface area (Å²) < 4.78 is 0. The number of hydrogen-bond acceptors (Lipinski definition) is 3. The van der Waals surface area contributed by atoms with Crippen molar-refractivity contribution in [3.8, 4) is 0 Å². The molecule has 0 aromatic rings. The van der Waals surface area contributed by atoms with Gasteiger partial charge in [-0.25, -0.2) is 0 Å². The predicted octanol–water partition coefficient (Wildman–Crippen LogP) is -1.56. The standard InChI is InChI=1S/C5H12N2O2/c1-4(3-8)7-5(9)2-6/h4,8H,2-3,6H2,1H3,(H,7,9). The summed E-state index contributed by atoms with van der Waals surface area (Å²) in [5.74, 6) is -0.239. The van der Waals surface area contributed by atoms with Crippen LogP contribution < -0.4 is 11.1 Å². The van der Waals surface area contributed by atoms with Crippen LogP contribution >= 0.6 is 0 Å². The molecule has 0 spiro atoms. The molecular formula is C5H12N2O2. The lowest BCUT2D eigenvalue weighted by Crippen LogP contribution is -2.38. The van der Waals surface area contributed by atoms with E-state index in [1.165, 1.54) is 0 Å². The van der Waals surface area contributed by atoms with Gasteiger partial charge in [-0.3, -0.25) is 4.79 Å². The quantitative estimate of drug-likeness (QED) is 0.435. The minimum absolute atomic E-state index is 0.0235. The molecule has 0 bridgehead atoms. The first-order valence-electron chi connectivity index (χ1n) is 2.81. The van der Waals surface area contributed by atoms with Gasteiger partial charge >= 0.3 is 0 Å². The van der Waals surface area contributed by atoms with E-state index in [0.717, 1.165) is 0 Å². The van der Waals surface area contributed by atoms with E-state index in [-0.39, 0.29) is 25.1 Å². The van der Waals surface area contributed by atoms with Gasteiger partial charge in [0.15, 0.2) is 0 Å². The second kappa shape index (κ2) is 4.29. The molecule has 0 rings (SSSR count). The van der Waals surface area contributed by atoms with Crippen molar-refractivity contribution in [2.24, 2.45) is 5.73 Å². The summed E-state index contributed by atoms with van der Waals surface area (Å²) in [5, 5.41) is 10.9. The maximum Gasteiger partial charge on any atom is 0.234 e. The van der Waals surface area contributed by atoms with Crippen LogP contribution in [0.2, 0.25) is 0 Å². The van der Waals surface area contributed by atoms with Crippen LogP contribution in [0, 0.1) is 0 Å². The van der Waals surface area contributed by atoms with E-state index in [2.05, 4.69) is 5.32 Å². The maximum absolute atomic E-state index is 10.4. The van der Waals surface area contributed by atoms with Gasteiger partial charge in [-0.2, -0.15) is 0 Å². The molecule has 0 aliphatic heterocycles. The molecule has 0 fully saturated rings. The van der Waals surface area contributed by atoms with E-state index in [9.17, 15) is 4.79 Å². The average molecular weight is 132 g/mol. The third kappa shape index (κ3) is 3.93. The summed E-state index contributed by atoms with van der Waals surface area (Å²) in [6, 6.07) is -0.193. The normalized spacial score (nSPS) is 12.8. The average Bonchev–Trinajstić information content (AvgIpc) is 1.87. The van der Waals surface area contributed by atoms with E-state index < -0.39 is 0 Å². The first-order valence-corrected chi connectivity index (χ1v) is 2.81. The monoisotopic (exact) mass is 132 g/mol. The number of rotatable bonds is 3. The van der Waals surface area contributed by atoms with Gasteiger partial charge in [-0.1, -0.05) is 0 Å². The van der Waals surface area contributed by atoms with Crippen molar-refractivity contribution in [1.82, 2.24) is 5.32 Å². The summed E-state index contributed by atoms with van der Waals surface area (Å²) in [4.78, 5) is 10.4. The van der Waals surface area contributed by atoms with Crippen molar-refractivity contribution in [3.63, 3.8) is 0 Å². The summed E-state index contributed by atoms with van der Waals surface area (Å²) in [6.07, 6.45) is 0. The Balaban J connectivity index is 3.34. The second-order valence-corrected chi connectivity index (χ2v) is 1.86. The zero-order valence-corrected chi connectivity index (χ0v) is 5.42. The molecule has 4 nitrogen and oxygen atoms in total. The van der Waals surface area contributed by atoms with Gasteiger partial charge < -0.3 is 16.2 Å². The smallest absolute Gasteiger partial charge is 0.234 e. The predicted molar refractivity (Wildman–Crippen MR) is 33.7 cm³/mol. The molecule has 0 saturated heterocycles. The van der Waals surface area contributed by atoms with E-state index in [1.54, 1.807) is 6.92 Å². The third-order valence-electron chi connectivity index (χ3n) is 0.867. The molecule has 0 aromatic heterocycles. The highest BCUT2D eigenvalue weighted by Crippen LogP contribution is 1.75. The van der Waals surface area contributed by atoms with Gasteiger partial charge in [0.1, 0.15) is 0 Å². The molecule has 4 heteroatoms. The van der Waals surface area contributed by atoms with Crippen LogP contribution in [-0.4, -0.2) is 30.2 Å². The van der Waals surface area contributed by atoms with Crippen LogP contribution in [0.4, 0.5) is 0 Å². The van der Waals surface area contributed by atoms with Crippen molar-refractivity contribution in [2.45, 2.75) is 13.0 Å². The molecular weight excluding hydrogens is 120 g/mol. The summed E-state index contributed by atoms with van der Waals surface area (Å²) in [6.45, 7) is 1.63. The second-order valence-electron chi connectivity index (χ2n) is 1.86. The fourth-order valence-corrected chi connectivity index (χ4v) is 0.379. The number of amides is 1. The first-order chi connectivity index (χ1) is 4.20. The fraction of sp³-hybridized carbons (Fsp3) is 0.800. The number of carbonyl (C=O) groups excluding carboxylic acids is 1. The van der Waals surface area contributed by atoms with E-state index in [0.29, 0.717) is 0 Å². The molecule has 0 aromatic carbocycles. The molecule has 4 N–H and O–H groups in total. The number of carbonyl (C=O) groups is 1. The molecule has 9 heavy (non-hydrogen) atoms. The van der Waals surface area contributed by atoms with Crippen molar-refractivity contribution >= 4 is 5.91 Å². The fourth-order valence-electron chi connectivity index (χ4n) is 0.379. The maximum atomic E-state index is 10.4. The molecule has 0 saturated carbocycles. The van der Waals surface area contributed by atoms with Crippen molar-refractivity contribution in [3.05, 3.63) is 0 Å². The van der Waals surface area contributed by atoms with Gasteiger partial charge in [-0.15, -0.1) is 0 Å². The van der Waals surface area contributed by atoms with Crippen LogP contribution in [0.15, 0.2) is 0 Å². The molecule has 0 aliphatic rings. The lowest BCUT2D eigenvalue weighted by molar-refractivity contribution is -0.120. The van der Waals surface area contributed by atoms with E-state index in [4.69, 9.17) is 10.8 Å². The van der Waals surface area contributed by atoms with Crippen LogP contribution in [0.3, 0.4) is 0 Å². The highest BCUT2D eigenvalue weighted by Gasteiger charge is 2.01. The highest BCUT2D eigenvalue weighted by atomic mass is 16.3. The summed E-state index contributed by atoms with van der Waals surface area (Å²) in [7, 11) is 0. The lowest BCUT2D eigenvalue weighted by Gasteiger charge is -2.08. The Hall–Kier alpha value is -0.610. The first kappa shape index (κ1) is 8.39. The Morgan fingerprint density at radius 1 is 1.89 bits per heavy atom. The van der Waals surface area contributed by atoms with Crippen LogP contribution in [0.1, 0.15) is 6.92 Å². The van der Waals surface area contributed by atoms with Crippen LogP contribution in [0.25, 0.3) is 0 Å². The molecule has 1 amide bonds. The minimum Gasteiger partial charge on any atom is -0.394 e. The van der Waals surface area contributed by atoms with Crippen LogP contribution in [0.5, 0.6) is 0 Å². The number of aliphatic hydroxyl groups is 1. The molecule has 1 unspecified atom stereocenters. The van der Waals surface area contributed by atoms with E-state index in [1.807, 2.05) is 0 Å². The molecule has 54 valence electrons. The number of aliphatic hydroxyl groups excluding tert-OH is 1. The Labute approximate surface area is 54.0 Å². The zero-order valence-electron chi connectivity index (χ0n) is 5.42. The molecule has 0 radical (unpaired) electrons. The van der Waals surface area contributed by atoms with Crippen LogP contribution in [-0.2, 0) is 4.79 Å². The van der Waals surface area contributed by atoms with Crippen molar-refractivity contribution in [1.29, 1.82) is 0 Å². The van der Waals surface area contributed by atoms with Crippen molar-refractivity contribution in [2.75, 3.05) is 13.2 Å². The lowest BCUT2D eigenvalue weighted by atomic mass is 10.3. The number of nitrogens with two attached hydrogens (primary N) is 1. The minimum atomic E-state index is -0.239. The number of hydrogen-bond donors (Lipinski definition) is 3.